The number of rotatable bonds is 3. The number of pyridine rings is 1. The van der Waals surface area contributed by atoms with Crippen LogP contribution in [-0.4, -0.2) is 37.8 Å². The number of benzene rings is 2. The molecule has 168 valence electrons. The molecule has 0 spiro atoms. The highest BCUT2D eigenvalue weighted by molar-refractivity contribution is 7.91. The minimum absolute atomic E-state index is 0.0842. The van der Waals surface area contributed by atoms with E-state index in [0.29, 0.717) is 30.1 Å². The molecule has 2 heterocycles. The molecule has 1 saturated carbocycles. The fourth-order valence-corrected chi connectivity index (χ4v) is 6.35. The molecule has 1 aliphatic carbocycles. The molecule has 0 bridgehead atoms. The van der Waals surface area contributed by atoms with Crippen molar-refractivity contribution in [2.24, 2.45) is 5.73 Å². The fourth-order valence-electron chi connectivity index (χ4n) is 4.85. The van der Waals surface area contributed by atoms with Gasteiger partial charge in [-0.3, -0.25) is 0 Å². The number of fused-ring (bicyclic) bond motifs is 2. The van der Waals surface area contributed by atoms with Crippen LogP contribution in [-0.2, 0) is 16.4 Å². The molecule has 7 heteroatoms. The maximum absolute atomic E-state index is 12.8. The van der Waals surface area contributed by atoms with Gasteiger partial charge in [-0.15, -0.1) is 0 Å². The Labute approximate surface area is 189 Å². The summed E-state index contributed by atoms with van der Waals surface area (Å²) in [6.45, 7) is 3.03. The Morgan fingerprint density at radius 2 is 1.84 bits per heavy atom. The van der Waals surface area contributed by atoms with E-state index in [0.717, 1.165) is 53.7 Å². The highest BCUT2D eigenvalue weighted by Crippen LogP contribution is 2.33. The summed E-state index contributed by atoms with van der Waals surface area (Å²) in [5.74, 6) is 0.893. The summed E-state index contributed by atoms with van der Waals surface area (Å²) in [7, 11) is -3.30. The summed E-state index contributed by atoms with van der Waals surface area (Å²) in [6.07, 6.45) is 4.18. The quantitative estimate of drug-likeness (QED) is 0.627. The molecule has 0 atom stereocenters. The molecule has 1 fully saturated rings. The van der Waals surface area contributed by atoms with E-state index >= 15 is 0 Å². The van der Waals surface area contributed by atoms with Crippen molar-refractivity contribution in [3.05, 3.63) is 59.7 Å². The van der Waals surface area contributed by atoms with Crippen LogP contribution in [0.2, 0.25) is 0 Å². The van der Waals surface area contributed by atoms with Gasteiger partial charge in [-0.25, -0.2) is 13.4 Å². The van der Waals surface area contributed by atoms with Crippen molar-refractivity contribution < 1.29 is 8.42 Å². The zero-order valence-electron chi connectivity index (χ0n) is 18.4. The van der Waals surface area contributed by atoms with E-state index in [1.54, 1.807) is 12.1 Å². The van der Waals surface area contributed by atoms with Crippen LogP contribution < -0.4 is 16.0 Å². The molecular formula is C25H30N4O2S. The Kier molecular flexibility index (Phi) is 5.55. The molecule has 5 rings (SSSR count). The number of aromatic nitrogens is 1. The topological polar surface area (TPSA) is 88.3 Å². The Bertz CT molecular complexity index is 1250. The summed E-state index contributed by atoms with van der Waals surface area (Å²) in [5, 5.41) is 4.86. The highest BCUT2D eigenvalue weighted by atomic mass is 32.2. The molecule has 1 aliphatic heterocycles. The van der Waals surface area contributed by atoms with Crippen molar-refractivity contribution in [2.75, 3.05) is 22.5 Å². The van der Waals surface area contributed by atoms with Crippen LogP contribution in [0, 0.1) is 6.92 Å². The van der Waals surface area contributed by atoms with Gasteiger partial charge in [0.25, 0.3) is 0 Å². The molecule has 0 unspecified atom stereocenters. The zero-order valence-corrected chi connectivity index (χ0v) is 19.2. The average Bonchev–Trinajstić information content (AvgIpc) is 2.91. The van der Waals surface area contributed by atoms with Crippen LogP contribution in [0.5, 0.6) is 0 Å². The molecule has 6 nitrogen and oxygen atoms in total. The predicted molar refractivity (Wildman–Crippen MR) is 130 cm³/mol. The third-order valence-corrected chi connectivity index (χ3v) is 8.49. The summed E-state index contributed by atoms with van der Waals surface area (Å²) in [6, 6.07) is 16.4. The predicted octanol–water partition coefficient (Wildman–Crippen LogP) is 4.02. The smallest absolute Gasteiger partial charge is 0.180 e. The zero-order chi connectivity index (χ0) is 22.3. The van der Waals surface area contributed by atoms with Gasteiger partial charge in [0.15, 0.2) is 9.84 Å². The van der Waals surface area contributed by atoms with Crippen LogP contribution in [0.15, 0.2) is 53.4 Å². The number of anilines is 2. The third-order valence-electron chi connectivity index (χ3n) is 6.70. The fraction of sp³-hybridized carbons (Fsp3) is 0.400. The number of hydrogen-bond acceptors (Lipinski definition) is 6. The Balaban J connectivity index is 1.54. The summed E-state index contributed by atoms with van der Waals surface area (Å²) < 4.78 is 25.6. The molecule has 32 heavy (non-hydrogen) atoms. The van der Waals surface area contributed by atoms with E-state index in [2.05, 4.69) is 41.4 Å². The first-order valence-corrected chi connectivity index (χ1v) is 13.0. The number of aryl methyl sites for hydroxylation is 1. The van der Waals surface area contributed by atoms with Crippen molar-refractivity contribution in [2.45, 2.75) is 56.1 Å². The van der Waals surface area contributed by atoms with Gasteiger partial charge in [-0.2, -0.15) is 0 Å². The van der Waals surface area contributed by atoms with E-state index in [9.17, 15) is 8.42 Å². The van der Waals surface area contributed by atoms with Gasteiger partial charge >= 0.3 is 0 Å². The van der Waals surface area contributed by atoms with Crippen LogP contribution in [0.4, 0.5) is 11.5 Å². The van der Waals surface area contributed by atoms with Gasteiger partial charge < -0.3 is 16.0 Å². The lowest BCUT2D eigenvalue weighted by molar-refractivity contribution is 0.411. The first-order chi connectivity index (χ1) is 15.4. The van der Waals surface area contributed by atoms with Gasteiger partial charge in [-0.05, 0) is 56.4 Å². The number of nitrogens with two attached hydrogens (primary N) is 1. The van der Waals surface area contributed by atoms with Gasteiger partial charge in [0, 0.05) is 42.3 Å². The number of nitrogens with one attached hydrogen (secondary N) is 1. The maximum Gasteiger partial charge on any atom is 0.180 e. The SMILES string of the molecule is Cc1ccc2nc(N3CCS(=O)(=O)c4ccccc4C3)cc(N[C@H]3CC[C@@H](N)CC3)c2c1. The van der Waals surface area contributed by atoms with Crippen molar-refractivity contribution in [1.29, 1.82) is 0 Å². The van der Waals surface area contributed by atoms with Crippen LogP contribution in [0.3, 0.4) is 0 Å². The highest BCUT2D eigenvalue weighted by Gasteiger charge is 2.26. The first kappa shape index (κ1) is 21.2. The minimum Gasteiger partial charge on any atom is -0.382 e. The third kappa shape index (κ3) is 4.19. The van der Waals surface area contributed by atoms with Crippen LogP contribution in [0.1, 0.15) is 36.8 Å². The van der Waals surface area contributed by atoms with E-state index in [-0.39, 0.29) is 5.75 Å². The molecule has 0 amide bonds. The standard InChI is InChI=1S/C25H30N4O2S/c1-17-6-11-22-21(14-17)23(27-20-9-7-19(26)8-10-20)15-25(28-22)29-12-13-32(30,31)24-5-3-2-4-18(24)16-29/h2-6,11,14-15,19-20H,7-10,12-13,16,26H2,1H3,(H,27,28)/t19-,20+. The second-order valence-corrected chi connectivity index (χ2v) is 11.2. The van der Waals surface area contributed by atoms with Crippen molar-refractivity contribution >= 4 is 32.2 Å². The average molecular weight is 451 g/mol. The molecule has 3 N–H and O–H groups in total. The lowest BCUT2D eigenvalue weighted by Gasteiger charge is -2.29. The first-order valence-electron chi connectivity index (χ1n) is 11.4. The van der Waals surface area contributed by atoms with Gasteiger partial charge in [0.05, 0.1) is 16.2 Å². The van der Waals surface area contributed by atoms with E-state index < -0.39 is 9.84 Å². The van der Waals surface area contributed by atoms with Crippen molar-refractivity contribution in [1.82, 2.24) is 4.98 Å². The largest absolute Gasteiger partial charge is 0.382 e. The maximum atomic E-state index is 12.8. The second kappa shape index (κ2) is 8.37. The molecule has 0 saturated heterocycles. The summed E-state index contributed by atoms with van der Waals surface area (Å²) in [4.78, 5) is 7.47. The minimum atomic E-state index is -3.30. The molecule has 3 aromatic rings. The Morgan fingerprint density at radius 1 is 1.06 bits per heavy atom. The Hall–Kier alpha value is -2.64. The molecule has 0 radical (unpaired) electrons. The lowest BCUT2D eigenvalue weighted by atomic mass is 9.91. The normalized spacial score (nSPS) is 22.9. The van der Waals surface area contributed by atoms with E-state index in [1.807, 2.05) is 12.1 Å². The molecule has 1 aromatic heterocycles. The van der Waals surface area contributed by atoms with Crippen molar-refractivity contribution in [3.63, 3.8) is 0 Å². The van der Waals surface area contributed by atoms with Crippen LogP contribution in [0.25, 0.3) is 10.9 Å². The number of nitrogens with zero attached hydrogens (tertiary/aromatic N) is 2. The van der Waals surface area contributed by atoms with E-state index in [1.165, 1.54) is 5.56 Å². The monoisotopic (exact) mass is 450 g/mol. The summed E-state index contributed by atoms with van der Waals surface area (Å²) in [5.41, 5.74) is 10.1. The van der Waals surface area contributed by atoms with E-state index in [4.69, 9.17) is 10.7 Å². The lowest BCUT2D eigenvalue weighted by Crippen LogP contribution is -2.33. The molecule has 2 aliphatic rings. The summed E-state index contributed by atoms with van der Waals surface area (Å²) >= 11 is 0. The molecular weight excluding hydrogens is 420 g/mol. The van der Waals surface area contributed by atoms with Gasteiger partial charge in [0.1, 0.15) is 5.82 Å². The number of sulfone groups is 1. The van der Waals surface area contributed by atoms with Gasteiger partial charge in [-0.1, -0.05) is 29.8 Å². The second-order valence-electron chi connectivity index (χ2n) is 9.15. The van der Waals surface area contributed by atoms with Gasteiger partial charge in [0.2, 0.25) is 0 Å². The Morgan fingerprint density at radius 3 is 2.66 bits per heavy atom. The molecule has 2 aromatic carbocycles. The van der Waals surface area contributed by atoms with Crippen molar-refractivity contribution in [3.8, 4) is 0 Å². The van der Waals surface area contributed by atoms with Crippen LogP contribution >= 0.6 is 0 Å². The number of hydrogen-bond donors (Lipinski definition) is 2.